The monoisotopic (exact) mass is 316 g/mol. The smallest absolute Gasteiger partial charge is 0.0150 e. The molecule has 3 aromatic rings. The van der Waals surface area contributed by atoms with Gasteiger partial charge < -0.3 is 0 Å². The Balaban J connectivity index is 0.000000198. The predicted molar refractivity (Wildman–Crippen MR) is 105 cm³/mol. The second-order valence-electron chi connectivity index (χ2n) is 6.24. The minimum atomic E-state index is 0.591. The lowest BCUT2D eigenvalue weighted by atomic mass is 9.94. The van der Waals surface area contributed by atoms with E-state index < -0.39 is 0 Å². The molecular weight excluding hydrogens is 288 g/mol. The lowest BCUT2D eigenvalue weighted by Gasteiger charge is -2.11. The van der Waals surface area contributed by atoms with E-state index in [1.807, 2.05) is 0 Å². The maximum Gasteiger partial charge on any atom is -0.0150 e. The molecule has 0 spiro atoms. The Hall–Kier alpha value is -2.34. The van der Waals surface area contributed by atoms with Gasteiger partial charge in [-0.2, -0.15) is 0 Å². The van der Waals surface area contributed by atoms with E-state index in [-0.39, 0.29) is 0 Å². The van der Waals surface area contributed by atoms with E-state index >= 15 is 0 Å². The fourth-order valence-electron chi connectivity index (χ4n) is 2.80. The highest BCUT2D eigenvalue weighted by Gasteiger charge is 2.04. The second-order valence-corrected chi connectivity index (χ2v) is 6.24. The first-order chi connectivity index (χ1) is 11.8. The molecule has 0 bridgehead atoms. The van der Waals surface area contributed by atoms with Gasteiger partial charge in [-0.15, -0.1) is 0 Å². The summed E-state index contributed by atoms with van der Waals surface area (Å²) in [5.41, 5.74) is 4.27. The van der Waals surface area contributed by atoms with E-state index in [1.165, 1.54) is 29.5 Å². The molecule has 3 aromatic carbocycles. The molecule has 0 amide bonds. The molecular formula is C24H28. The maximum atomic E-state index is 2.28. The van der Waals surface area contributed by atoms with Crippen LogP contribution in [0.5, 0.6) is 0 Å². The van der Waals surface area contributed by atoms with Crippen LogP contribution < -0.4 is 0 Å². The minimum absolute atomic E-state index is 0.591. The average molecular weight is 316 g/mol. The third-order valence-electron chi connectivity index (χ3n) is 4.13. The van der Waals surface area contributed by atoms with Gasteiger partial charge in [-0.1, -0.05) is 111 Å². The first-order valence-corrected chi connectivity index (χ1v) is 8.92. The van der Waals surface area contributed by atoms with E-state index in [0.29, 0.717) is 5.92 Å². The molecule has 124 valence electrons. The fourth-order valence-corrected chi connectivity index (χ4v) is 2.80. The van der Waals surface area contributed by atoms with Crippen molar-refractivity contribution in [2.24, 2.45) is 0 Å². The summed E-state index contributed by atoms with van der Waals surface area (Å²) in [5.74, 6) is 0.591. The van der Waals surface area contributed by atoms with Crippen molar-refractivity contribution in [2.75, 3.05) is 0 Å². The summed E-state index contributed by atoms with van der Waals surface area (Å²) in [4.78, 5) is 0. The van der Waals surface area contributed by atoms with Crippen LogP contribution in [0.4, 0.5) is 0 Å². The summed E-state index contributed by atoms with van der Waals surface area (Å²) in [5, 5.41) is 0. The highest BCUT2D eigenvalue weighted by Crippen LogP contribution is 2.19. The van der Waals surface area contributed by atoms with E-state index in [9.17, 15) is 0 Å². The molecule has 0 saturated carbocycles. The molecule has 1 unspecified atom stereocenters. The Morgan fingerprint density at radius 2 is 1.08 bits per heavy atom. The first-order valence-electron chi connectivity index (χ1n) is 8.92. The summed E-state index contributed by atoms with van der Waals surface area (Å²) in [6.07, 6.45) is 3.57. The highest BCUT2D eigenvalue weighted by atomic mass is 14.1. The van der Waals surface area contributed by atoms with Gasteiger partial charge in [-0.25, -0.2) is 0 Å². The van der Waals surface area contributed by atoms with E-state index in [4.69, 9.17) is 0 Å². The molecule has 0 aliphatic heterocycles. The third-order valence-corrected chi connectivity index (χ3v) is 4.13. The predicted octanol–water partition coefficient (Wildman–Crippen LogP) is 6.67. The van der Waals surface area contributed by atoms with Gasteiger partial charge in [0.1, 0.15) is 0 Å². The molecule has 0 heteroatoms. The van der Waals surface area contributed by atoms with Gasteiger partial charge in [0.15, 0.2) is 0 Å². The van der Waals surface area contributed by atoms with Gasteiger partial charge in [0.25, 0.3) is 0 Å². The summed E-state index contributed by atoms with van der Waals surface area (Å²) in [7, 11) is 0. The van der Waals surface area contributed by atoms with Crippen LogP contribution >= 0.6 is 0 Å². The average Bonchev–Trinajstić information content (AvgIpc) is 2.65. The van der Waals surface area contributed by atoms with Crippen molar-refractivity contribution in [3.05, 3.63) is 108 Å². The van der Waals surface area contributed by atoms with Gasteiger partial charge in [-0.3, -0.25) is 0 Å². The maximum absolute atomic E-state index is 2.28. The zero-order chi connectivity index (χ0) is 17.0. The SMILES string of the molecule is CC(Cc1ccccc1)c1ccccc1.CCCc1ccccc1. The van der Waals surface area contributed by atoms with Crippen molar-refractivity contribution in [1.29, 1.82) is 0 Å². The van der Waals surface area contributed by atoms with Crippen LogP contribution in [0.2, 0.25) is 0 Å². The van der Waals surface area contributed by atoms with Crippen molar-refractivity contribution in [3.8, 4) is 0 Å². The lowest BCUT2D eigenvalue weighted by molar-refractivity contribution is 0.759. The molecule has 3 rings (SSSR count). The first kappa shape index (κ1) is 18.0. The number of aryl methyl sites for hydroxylation is 1. The van der Waals surface area contributed by atoms with Crippen molar-refractivity contribution in [3.63, 3.8) is 0 Å². The quantitative estimate of drug-likeness (QED) is 0.493. The number of hydrogen-bond donors (Lipinski definition) is 0. The van der Waals surface area contributed by atoms with Crippen LogP contribution in [-0.2, 0) is 12.8 Å². The Bertz CT molecular complexity index is 656. The van der Waals surface area contributed by atoms with Crippen molar-refractivity contribution < 1.29 is 0 Å². The molecule has 0 N–H and O–H groups in total. The standard InChI is InChI=1S/C15H16.C9H12/c1-13(15-10-6-3-7-11-15)12-14-8-4-2-5-9-14;1-2-6-9-7-4-3-5-8-9/h2-11,13H,12H2,1H3;3-5,7-8H,2,6H2,1H3. The summed E-state index contributed by atoms with van der Waals surface area (Å²) >= 11 is 0. The van der Waals surface area contributed by atoms with Crippen LogP contribution in [0.1, 0.15) is 42.9 Å². The van der Waals surface area contributed by atoms with Crippen LogP contribution in [0, 0.1) is 0 Å². The molecule has 24 heavy (non-hydrogen) atoms. The lowest BCUT2D eigenvalue weighted by Crippen LogP contribution is -1.97. The Morgan fingerprint density at radius 1 is 0.625 bits per heavy atom. The molecule has 0 aromatic heterocycles. The van der Waals surface area contributed by atoms with Crippen molar-refractivity contribution in [2.45, 2.75) is 39.0 Å². The summed E-state index contributed by atoms with van der Waals surface area (Å²) < 4.78 is 0. The van der Waals surface area contributed by atoms with Crippen molar-refractivity contribution >= 4 is 0 Å². The third kappa shape index (κ3) is 6.42. The van der Waals surface area contributed by atoms with Crippen LogP contribution in [0.25, 0.3) is 0 Å². The van der Waals surface area contributed by atoms with E-state index in [1.54, 1.807) is 0 Å². The zero-order valence-corrected chi connectivity index (χ0v) is 14.9. The molecule has 0 aliphatic rings. The van der Waals surface area contributed by atoms with Gasteiger partial charge in [0.05, 0.1) is 0 Å². The second kappa shape index (κ2) is 10.4. The van der Waals surface area contributed by atoms with Gasteiger partial charge in [0.2, 0.25) is 0 Å². The summed E-state index contributed by atoms with van der Waals surface area (Å²) in [6, 6.07) is 31.9. The molecule has 1 atom stereocenters. The molecule has 0 heterocycles. The topological polar surface area (TPSA) is 0 Å². The Labute approximate surface area is 147 Å². The van der Waals surface area contributed by atoms with Crippen LogP contribution in [0.15, 0.2) is 91.0 Å². The van der Waals surface area contributed by atoms with Gasteiger partial charge in [0, 0.05) is 0 Å². The number of hydrogen-bond acceptors (Lipinski definition) is 0. The molecule has 0 aliphatic carbocycles. The van der Waals surface area contributed by atoms with Gasteiger partial charge in [-0.05, 0) is 35.4 Å². The van der Waals surface area contributed by atoms with Crippen LogP contribution in [-0.4, -0.2) is 0 Å². The van der Waals surface area contributed by atoms with E-state index in [2.05, 4.69) is 105 Å². The molecule has 0 nitrogen and oxygen atoms in total. The summed E-state index contributed by atoms with van der Waals surface area (Å²) in [6.45, 7) is 4.48. The fraction of sp³-hybridized carbons (Fsp3) is 0.250. The van der Waals surface area contributed by atoms with Crippen molar-refractivity contribution in [1.82, 2.24) is 0 Å². The number of rotatable bonds is 5. The minimum Gasteiger partial charge on any atom is -0.0651 e. The zero-order valence-electron chi connectivity index (χ0n) is 14.9. The molecule has 0 radical (unpaired) electrons. The van der Waals surface area contributed by atoms with Crippen LogP contribution in [0.3, 0.4) is 0 Å². The van der Waals surface area contributed by atoms with E-state index in [0.717, 1.165) is 6.42 Å². The van der Waals surface area contributed by atoms with Gasteiger partial charge >= 0.3 is 0 Å². The Morgan fingerprint density at radius 3 is 1.58 bits per heavy atom. The number of benzene rings is 3. The normalized spacial score (nSPS) is 11.2. The Kier molecular flexibility index (Phi) is 7.83. The highest BCUT2D eigenvalue weighted by molar-refractivity contribution is 5.23. The molecule has 0 saturated heterocycles. The largest absolute Gasteiger partial charge is 0.0651 e. The molecule has 0 fully saturated rings.